The van der Waals surface area contributed by atoms with Gasteiger partial charge in [-0.1, -0.05) is 6.08 Å². The standard InChI is InChI=1S/C15H22N2O3S/c1-11-8-14(16)12(2)15(9-11)21(18,19)17-6-4-13(5-7-17)10-20-3/h4,8-9H,5-7,10,16H2,1-3H3. The summed E-state index contributed by atoms with van der Waals surface area (Å²) in [6, 6.07) is 3.48. The van der Waals surface area contributed by atoms with Crippen molar-refractivity contribution in [1.82, 2.24) is 4.31 Å². The molecule has 2 rings (SSSR count). The predicted octanol–water partition coefficient (Wildman–Crippen LogP) is 1.85. The largest absolute Gasteiger partial charge is 0.398 e. The molecule has 1 aliphatic heterocycles. The number of sulfonamides is 1. The van der Waals surface area contributed by atoms with Gasteiger partial charge in [0.05, 0.1) is 11.5 Å². The number of anilines is 1. The average molecular weight is 310 g/mol. The summed E-state index contributed by atoms with van der Waals surface area (Å²) >= 11 is 0. The first-order valence-electron chi connectivity index (χ1n) is 6.90. The minimum Gasteiger partial charge on any atom is -0.398 e. The van der Waals surface area contributed by atoms with Crippen LogP contribution in [-0.2, 0) is 14.8 Å². The maximum absolute atomic E-state index is 12.8. The van der Waals surface area contributed by atoms with Gasteiger partial charge in [-0.25, -0.2) is 8.42 Å². The molecular weight excluding hydrogens is 288 g/mol. The van der Waals surface area contributed by atoms with Crippen LogP contribution in [0.5, 0.6) is 0 Å². The van der Waals surface area contributed by atoms with Crippen LogP contribution in [0.3, 0.4) is 0 Å². The number of aryl methyl sites for hydroxylation is 1. The molecule has 0 fully saturated rings. The Kier molecular flexibility index (Phi) is 4.70. The minimum absolute atomic E-state index is 0.309. The molecular formula is C15H22N2O3S. The van der Waals surface area contributed by atoms with Crippen LogP contribution in [-0.4, -0.2) is 39.5 Å². The van der Waals surface area contributed by atoms with Crippen LogP contribution in [0.15, 0.2) is 28.7 Å². The lowest BCUT2D eigenvalue weighted by Gasteiger charge is -2.26. The molecule has 0 radical (unpaired) electrons. The Hall–Kier alpha value is -1.37. The quantitative estimate of drug-likeness (QED) is 0.680. The molecule has 0 saturated carbocycles. The third-order valence-corrected chi connectivity index (χ3v) is 5.75. The zero-order valence-electron chi connectivity index (χ0n) is 12.7. The van der Waals surface area contributed by atoms with Gasteiger partial charge >= 0.3 is 0 Å². The van der Waals surface area contributed by atoms with Gasteiger partial charge in [0.15, 0.2) is 0 Å². The van der Waals surface area contributed by atoms with E-state index in [-0.39, 0.29) is 0 Å². The SMILES string of the molecule is COCC1=CCN(S(=O)(=O)c2cc(C)cc(N)c2C)CC1. The van der Waals surface area contributed by atoms with E-state index in [9.17, 15) is 8.42 Å². The molecule has 1 aromatic rings. The first-order chi connectivity index (χ1) is 9.86. The summed E-state index contributed by atoms with van der Waals surface area (Å²) in [4.78, 5) is 0.309. The van der Waals surface area contributed by atoms with E-state index in [0.29, 0.717) is 42.3 Å². The lowest BCUT2D eigenvalue weighted by atomic mass is 10.1. The highest BCUT2D eigenvalue weighted by molar-refractivity contribution is 7.89. The van der Waals surface area contributed by atoms with Crippen molar-refractivity contribution in [1.29, 1.82) is 0 Å². The van der Waals surface area contributed by atoms with Crippen molar-refractivity contribution >= 4 is 15.7 Å². The monoisotopic (exact) mass is 310 g/mol. The molecule has 5 nitrogen and oxygen atoms in total. The van der Waals surface area contributed by atoms with Gasteiger partial charge in [-0.2, -0.15) is 4.31 Å². The molecule has 0 atom stereocenters. The number of benzene rings is 1. The Morgan fingerprint density at radius 3 is 2.62 bits per heavy atom. The first kappa shape index (κ1) is 16.0. The van der Waals surface area contributed by atoms with Crippen LogP contribution < -0.4 is 5.73 Å². The van der Waals surface area contributed by atoms with Crippen LogP contribution in [0.1, 0.15) is 17.5 Å². The lowest BCUT2D eigenvalue weighted by molar-refractivity contribution is 0.219. The molecule has 0 saturated heterocycles. The topological polar surface area (TPSA) is 72.6 Å². The third kappa shape index (κ3) is 3.28. The maximum atomic E-state index is 12.8. The van der Waals surface area contributed by atoms with Gasteiger partial charge < -0.3 is 10.5 Å². The minimum atomic E-state index is -3.51. The van der Waals surface area contributed by atoms with E-state index in [1.807, 2.05) is 13.0 Å². The lowest BCUT2D eigenvalue weighted by Crippen LogP contribution is -2.35. The molecule has 0 spiro atoms. The molecule has 21 heavy (non-hydrogen) atoms. The van der Waals surface area contributed by atoms with E-state index < -0.39 is 10.0 Å². The fourth-order valence-corrected chi connectivity index (χ4v) is 4.21. The molecule has 1 heterocycles. The molecule has 2 N–H and O–H groups in total. The van der Waals surface area contributed by atoms with E-state index in [2.05, 4.69) is 0 Å². The Bertz CT molecular complexity index is 666. The van der Waals surface area contributed by atoms with Gasteiger partial charge in [0.2, 0.25) is 10.0 Å². The normalized spacial score (nSPS) is 16.8. The zero-order chi connectivity index (χ0) is 15.6. The maximum Gasteiger partial charge on any atom is 0.243 e. The van der Waals surface area contributed by atoms with Crippen LogP contribution in [0, 0.1) is 13.8 Å². The molecule has 0 bridgehead atoms. The van der Waals surface area contributed by atoms with Gasteiger partial charge in [-0.3, -0.25) is 0 Å². The fourth-order valence-electron chi connectivity index (χ4n) is 2.49. The second-order valence-electron chi connectivity index (χ2n) is 5.39. The zero-order valence-corrected chi connectivity index (χ0v) is 13.5. The molecule has 0 aromatic heterocycles. The van der Waals surface area contributed by atoms with Crippen LogP contribution >= 0.6 is 0 Å². The summed E-state index contributed by atoms with van der Waals surface area (Å²) in [5.41, 5.74) is 9.02. The van der Waals surface area contributed by atoms with Crippen molar-refractivity contribution in [3.63, 3.8) is 0 Å². The summed E-state index contributed by atoms with van der Waals surface area (Å²) in [6.45, 7) is 5.02. The number of nitrogen functional groups attached to an aromatic ring is 1. The number of rotatable bonds is 4. The highest BCUT2D eigenvalue weighted by Crippen LogP contribution is 2.27. The Morgan fingerprint density at radius 1 is 1.33 bits per heavy atom. The number of hydrogen-bond donors (Lipinski definition) is 1. The predicted molar refractivity (Wildman–Crippen MR) is 83.7 cm³/mol. The van der Waals surface area contributed by atoms with Gasteiger partial charge in [0, 0.05) is 25.9 Å². The van der Waals surface area contributed by atoms with Gasteiger partial charge in [0.1, 0.15) is 0 Å². The average Bonchev–Trinajstić information content (AvgIpc) is 2.43. The summed E-state index contributed by atoms with van der Waals surface area (Å²) < 4.78 is 32.2. The Morgan fingerprint density at radius 2 is 2.05 bits per heavy atom. The smallest absolute Gasteiger partial charge is 0.243 e. The van der Waals surface area contributed by atoms with Crippen molar-refractivity contribution in [3.8, 4) is 0 Å². The highest BCUT2D eigenvalue weighted by Gasteiger charge is 2.28. The molecule has 0 aliphatic carbocycles. The number of ether oxygens (including phenoxy) is 1. The third-order valence-electron chi connectivity index (χ3n) is 3.76. The highest BCUT2D eigenvalue weighted by atomic mass is 32.2. The van der Waals surface area contributed by atoms with Gasteiger partial charge in [0.25, 0.3) is 0 Å². The molecule has 116 valence electrons. The van der Waals surface area contributed by atoms with Crippen LogP contribution in [0.2, 0.25) is 0 Å². The molecule has 6 heteroatoms. The van der Waals surface area contributed by atoms with Crippen LogP contribution in [0.25, 0.3) is 0 Å². The van der Waals surface area contributed by atoms with Crippen molar-refractivity contribution < 1.29 is 13.2 Å². The number of nitrogens with two attached hydrogens (primary N) is 1. The van der Waals surface area contributed by atoms with Crippen molar-refractivity contribution in [3.05, 3.63) is 34.9 Å². The second kappa shape index (κ2) is 6.17. The second-order valence-corrected chi connectivity index (χ2v) is 7.29. The summed E-state index contributed by atoms with van der Waals surface area (Å²) in [5, 5.41) is 0. The fraction of sp³-hybridized carbons (Fsp3) is 0.467. The molecule has 0 unspecified atom stereocenters. The summed E-state index contributed by atoms with van der Waals surface area (Å²) in [5.74, 6) is 0. The van der Waals surface area contributed by atoms with Gasteiger partial charge in [-0.05, 0) is 49.1 Å². The van der Waals surface area contributed by atoms with E-state index in [1.54, 1.807) is 26.2 Å². The summed E-state index contributed by atoms with van der Waals surface area (Å²) in [7, 11) is -1.87. The van der Waals surface area contributed by atoms with Gasteiger partial charge in [-0.15, -0.1) is 0 Å². The molecule has 1 aliphatic rings. The van der Waals surface area contributed by atoms with E-state index in [1.165, 1.54) is 4.31 Å². The number of nitrogens with zero attached hydrogens (tertiary/aromatic N) is 1. The van der Waals surface area contributed by atoms with Crippen molar-refractivity contribution in [2.75, 3.05) is 32.5 Å². The van der Waals surface area contributed by atoms with Crippen molar-refractivity contribution in [2.45, 2.75) is 25.2 Å². The Labute approximate surface area is 126 Å². The summed E-state index contributed by atoms with van der Waals surface area (Å²) in [6.07, 6.45) is 2.63. The van der Waals surface area contributed by atoms with E-state index in [0.717, 1.165) is 11.1 Å². The van der Waals surface area contributed by atoms with Crippen molar-refractivity contribution in [2.24, 2.45) is 0 Å². The van der Waals surface area contributed by atoms with Crippen LogP contribution in [0.4, 0.5) is 5.69 Å². The van der Waals surface area contributed by atoms with E-state index >= 15 is 0 Å². The van der Waals surface area contributed by atoms with E-state index in [4.69, 9.17) is 10.5 Å². The Balaban J connectivity index is 2.32. The first-order valence-corrected chi connectivity index (χ1v) is 8.34. The number of methoxy groups -OCH3 is 1. The molecule has 1 aromatic carbocycles. The number of hydrogen-bond acceptors (Lipinski definition) is 4. The molecule has 0 amide bonds.